The normalized spacial score (nSPS) is 10.6. The minimum absolute atomic E-state index is 0.525. The van der Waals surface area contributed by atoms with Gasteiger partial charge in [-0.15, -0.1) is 0 Å². The van der Waals surface area contributed by atoms with Crippen molar-refractivity contribution >= 4 is 5.69 Å². The summed E-state index contributed by atoms with van der Waals surface area (Å²) in [5.41, 5.74) is 2.26. The highest BCUT2D eigenvalue weighted by atomic mass is 16.5. The molecule has 0 unspecified atom stereocenters. The third-order valence-corrected chi connectivity index (χ3v) is 3.29. The van der Waals surface area contributed by atoms with Crippen LogP contribution in [0.25, 0.3) is 0 Å². The van der Waals surface area contributed by atoms with Gasteiger partial charge in [0.2, 0.25) is 0 Å². The SMILES string of the molecule is CCCOc1cccc(CNc2cccc(OCC(C)C)c2)c1. The Morgan fingerprint density at radius 3 is 2.43 bits per heavy atom. The van der Waals surface area contributed by atoms with E-state index in [2.05, 4.69) is 44.3 Å². The molecule has 124 valence electrons. The summed E-state index contributed by atoms with van der Waals surface area (Å²) in [6, 6.07) is 16.3. The first-order valence-electron chi connectivity index (χ1n) is 8.36. The van der Waals surface area contributed by atoms with Crippen molar-refractivity contribution < 1.29 is 9.47 Å². The molecule has 23 heavy (non-hydrogen) atoms. The van der Waals surface area contributed by atoms with E-state index in [9.17, 15) is 0 Å². The van der Waals surface area contributed by atoms with Crippen molar-refractivity contribution in [2.75, 3.05) is 18.5 Å². The second-order valence-corrected chi connectivity index (χ2v) is 6.08. The minimum atomic E-state index is 0.525. The maximum atomic E-state index is 5.76. The van der Waals surface area contributed by atoms with E-state index in [0.29, 0.717) is 5.92 Å². The first kappa shape index (κ1) is 17.2. The van der Waals surface area contributed by atoms with E-state index in [1.807, 2.05) is 30.3 Å². The zero-order chi connectivity index (χ0) is 16.5. The predicted molar refractivity (Wildman–Crippen MR) is 96.3 cm³/mol. The Kier molecular flexibility index (Phi) is 6.79. The number of hydrogen-bond acceptors (Lipinski definition) is 3. The minimum Gasteiger partial charge on any atom is -0.494 e. The Bertz CT molecular complexity index is 596. The lowest BCUT2D eigenvalue weighted by molar-refractivity contribution is 0.271. The van der Waals surface area contributed by atoms with Gasteiger partial charge in [-0.3, -0.25) is 0 Å². The summed E-state index contributed by atoms with van der Waals surface area (Å²) < 4.78 is 11.4. The van der Waals surface area contributed by atoms with E-state index in [0.717, 1.165) is 43.4 Å². The van der Waals surface area contributed by atoms with Gasteiger partial charge < -0.3 is 14.8 Å². The largest absolute Gasteiger partial charge is 0.494 e. The van der Waals surface area contributed by atoms with E-state index in [4.69, 9.17) is 9.47 Å². The van der Waals surface area contributed by atoms with Crippen molar-refractivity contribution in [3.05, 3.63) is 54.1 Å². The van der Waals surface area contributed by atoms with Gasteiger partial charge in [-0.05, 0) is 42.2 Å². The van der Waals surface area contributed by atoms with Gasteiger partial charge in [0.15, 0.2) is 0 Å². The average Bonchev–Trinajstić information content (AvgIpc) is 2.57. The van der Waals surface area contributed by atoms with Crippen molar-refractivity contribution in [1.82, 2.24) is 0 Å². The van der Waals surface area contributed by atoms with Gasteiger partial charge in [0.05, 0.1) is 13.2 Å². The maximum Gasteiger partial charge on any atom is 0.121 e. The molecule has 3 heteroatoms. The third-order valence-electron chi connectivity index (χ3n) is 3.29. The monoisotopic (exact) mass is 313 g/mol. The Morgan fingerprint density at radius 1 is 0.957 bits per heavy atom. The van der Waals surface area contributed by atoms with Crippen LogP contribution in [-0.2, 0) is 6.54 Å². The molecule has 1 N–H and O–H groups in total. The van der Waals surface area contributed by atoms with Crippen LogP contribution in [0.3, 0.4) is 0 Å². The number of rotatable bonds is 9. The van der Waals surface area contributed by atoms with Crippen molar-refractivity contribution in [1.29, 1.82) is 0 Å². The fourth-order valence-corrected chi connectivity index (χ4v) is 2.13. The first-order valence-corrected chi connectivity index (χ1v) is 8.36. The third kappa shape index (κ3) is 6.23. The van der Waals surface area contributed by atoms with Crippen LogP contribution >= 0.6 is 0 Å². The lowest BCUT2D eigenvalue weighted by Gasteiger charge is -2.12. The summed E-state index contributed by atoms with van der Waals surface area (Å²) >= 11 is 0. The molecular formula is C20H27NO2. The van der Waals surface area contributed by atoms with Crippen LogP contribution in [0.15, 0.2) is 48.5 Å². The Morgan fingerprint density at radius 2 is 1.70 bits per heavy atom. The molecule has 3 nitrogen and oxygen atoms in total. The summed E-state index contributed by atoms with van der Waals surface area (Å²) in [6.07, 6.45) is 1.02. The molecular weight excluding hydrogens is 286 g/mol. The van der Waals surface area contributed by atoms with Gasteiger partial charge in [-0.2, -0.15) is 0 Å². The second kappa shape index (κ2) is 9.09. The van der Waals surface area contributed by atoms with Gasteiger partial charge >= 0.3 is 0 Å². The molecule has 0 saturated heterocycles. The predicted octanol–water partition coefficient (Wildman–Crippen LogP) is 5.12. The Hall–Kier alpha value is -2.16. The molecule has 0 aromatic heterocycles. The number of benzene rings is 2. The molecule has 0 amide bonds. The molecule has 0 fully saturated rings. The smallest absolute Gasteiger partial charge is 0.121 e. The van der Waals surface area contributed by atoms with Crippen molar-refractivity contribution in [3.8, 4) is 11.5 Å². The molecule has 0 aliphatic rings. The lowest BCUT2D eigenvalue weighted by atomic mass is 10.2. The Balaban J connectivity index is 1.91. The van der Waals surface area contributed by atoms with Crippen LogP contribution in [0.5, 0.6) is 11.5 Å². The molecule has 0 atom stereocenters. The first-order chi connectivity index (χ1) is 11.2. The number of nitrogens with one attached hydrogen (secondary N) is 1. The number of ether oxygens (including phenoxy) is 2. The summed E-state index contributed by atoms with van der Waals surface area (Å²) in [5, 5.41) is 3.44. The van der Waals surface area contributed by atoms with Gasteiger partial charge in [-0.25, -0.2) is 0 Å². The molecule has 0 bridgehead atoms. The molecule has 0 saturated carbocycles. The molecule has 2 rings (SSSR count). The molecule has 2 aromatic rings. The van der Waals surface area contributed by atoms with Gasteiger partial charge in [-0.1, -0.05) is 39.0 Å². The highest BCUT2D eigenvalue weighted by Crippen LogP contribution is 2.20. The number of hydrogen-bond donors (Lipinski definition) is 1. The quantitative estimate of drug-likeness (QED) is 0.697. The highest BCUT2D eigenvalue weighted by molar-refractivity contribution is 5.48. The molecule has 0 aliphatic heterocycles. The Labute approximate surface area is 139 Å². The van der Waals surface area contributed by atoms with Crippen LogP contribution in [0.2, 0.25) is 0 Å². The topological polar surface area (TPSA) is 30.5 Å². The van der Waals surface area contributed by atoms with Gasteiger partial charge in [0.25, 0.3) is 0 Å². The summed E-state index contributed by atoms with van der Waals surface area (Å²) in [4.78, 5) is 0. The van der Waals surface area contributed by atoms with Crippen molar-refractivity contribution in [2.24, 2.45) is 5.92 Å². The van der Waals surface area contributed by atoms with E-state index in [-0.39, 0.29) is 0 Å². The van der Waals surface area contributed by atoms with E-state index >= 15 is 0 Å². The lowest BCUT2D eigenvalue weighted by Crippen LogP contribution is -2.05. The average molecular weight is 313 g/mol. The summed E-state index contributed by atoms with van der Waals surface area (Å²) in [6.45, 7) is 8.66. The summed E-state index contributed by atoms with van der Waals surface area (Å²) in [5.74, 6) is 2.36. The second-order valence-electron chi connectivity index (χ2n) is 6.08. The zero-order valence-electron chi connectivity index (χ0n) is 14.3. The van der Waals surface area contributed by atoms with Gasteiger partial charge in [0, 0.05) is 18.3 Å². The fourth-order valence-electron chi connectivity index (χ4n) is 2.13. The van der Waals surface area contributed by atoms with E-state index in [1.165, 1.54) is 5.56 Å². The van der Waals surface area contributed by atoms with E-state index in [1.54, 1.807) is 0 Å². The number of anilines is 1. The van der Waals surface area contributed by atoms with Crippen LogP contribution in [-0.4, -0.2) is 13.2 Å². The van der Waals surface area contributed by atoms with Crippen LogP contribution in [0.1, 0.15) is 32.8 Å². The zero-order valence-corrected chi connectivity index (χ0v) is 14.3. The van der Waals surface area contributed by atoms with Crippen LogP contribution < -0.4 is 14.8 Å². The van der Waals surface area contributed by atoms with Gasteiger partial charge in [0.1, 0.15) is 11.5 Å². The highest BCUT2D eigenvalue weighted by Gasteiger charge is 2.01. The molecule has 0 aliphatic carbocycles. The molecule has 0 spiro atoms. The van der Waals surface area contributed by atoms with E-state index < -0.39 is 0 Å². The molecule has 0 heterocycles. The van der Waals surface area contributed by atoms with Crippen molar-refractivity contribution in [3.63, 3.8) is 0 Å². The van der Waals surface area contributed by atoms with Crippen LogP contribution in [0.4, 0.5) is 5.69 Å². The van der Waals surface area contributed by atoms with Crippen molar-refractivity contribution in [2.45, 2.75) is 33.7 Å². The molecule has 2 aromatic carbocycles. The van der Waals surface area contributed by atoms with Crippen LogP contribution in [0, 0.1) is 5.92 Å². The fraction of sp³-hybridized carbons (Fsp3) is 0.400. The standard InChI is InChI=1S/C20H27NO2/c1-4-11-22-19-9-5-7-17(12-19)14-21-18-8-6-10-20(13-18)23-15-16(2)3/h5-10,12-13,16,21H,4,11,14-15H2,1-3H3. The summed E-state index contributed by atoms with van der Waals surface area (Å²) in [7, 11) is 0. The maximum absolute atomic E-state index is 5.76. The molecule has 0 radical (unpaired) electrons.